The maximum absolute atomic E-state index is 12.8. The first-order valence-electron chi connectivity index (χ1n) is 9.16. The van der Waals surface area contributed by atoms with Gasteiger partial charge in [0.25, 0.3) is 5.91 Å². The molecule has 0 spiro atoms. The molecule has 1 saturated heterocycles. The number of carbonyl (C=O) groups excluding carboxylic acids is 1. The highest BCUT2D eigenvalue weighted by atomic mass is 16.4. The van der Waals surface area contributed by atoms with Gasteiger partial charge in [0, 0.05) is 19.2 Å². The molecule has 1 fully saturated rings. The van der Waals surface area contributed by atoms with Crippen molar-refractivity contribution in [1.82, 2.24) is 10.2 Å². The number of aromatic hydroxyl groups is 2. The van der Waals surface area contributed by atoms with Crippen LogP contribution in [0.4, 0.5) is 0 Å². The van der Waals surface area contributed by atoms with Gasteiger partial charge in [0.2, 0.25) is 0 Å². The van der Waals surface area contributed by atoms with Crippen LogP contribution in [0.3, 0.4) is 0 Å². The molecule has 1 amide bonds. The molecule has 0 aliphatic carbocycles. The van der Waals surface area contributed by atoms with E-state index in [1.807, 2.05) is 13.8 Å². The number of phenolic OH excluding ortho intramolecular Hbond substituents is 2. The van der Waals surface area contributed by atoms with Crippen LogP contribution in [0.1, 0.15) is 48.5 Å². The minimum atomic E-state index is -1.09. The van der Waals surface area contributed by atoms with Crippen LogP contribution in [-0.4, -0.2) is 69.5 Å². The van der Waals surface area contributed by atoms with Crippen LogP contribution >= 0.6 is 0 Å². The van der Waals surface area contributed by atoms with Gasteiger partial charge in [0.1, 0.15) is 17.5 Å². The molecule has 1 aromatic carbocycles. The zero-order valence-corrected chi connectivity index (χ0v) is 15.7. The largest absolute Gasteiger partial charge is 0.508 e. The van der Waals surface area contributed by atoms with E-state index in [1.165, 1.54) is 6.07 Å². The van der Waals surface area contributed by atoms with Gasteiger partial charge in [-0.1, -0.05) is 13.8 Å². The molecule has 1 aliphatic rings. The molecule has 0 saturated carbocycles. The Hall–Kier alpha value is -2.32. The van der Waals surface area contributed by atoms with E-state index in [-0.39, 0.29) is 34.8 Å². The van der Waals surface area contributed by atoms with Crippen LogP contribution < -0.4 is 5.32 Å². The lowest BCUT2D eigenvalue weighted by Crippen LogP contribution is -2.45. The average molecular weight is 380 g/mol. The minimum Gasteiger partial charge on any atom is -0.508 e. The average Bonchev–Trinajstić information content (AvgIpc) is 2.61. The normalized spacial score (nSPS) is 16.5. The van der Waals surface area contributed by atoms with Gasteiger partial charge in [-0.3, -0.25) is 9.59 Å². The van der Waals surface area contributed by atoms with Crippen molar-refractivity contribution in [2.24, 2.45) is 5.92 Å². The van der Waals surface area contributed by atoms with Crippen LogP contribution in [0.25, 0.3) is 0 Å². The summed E-state index contributed by atoms with van der Waals surface area (Å²) >= 11 is 0. The van der Waals surface area contributed by atoms with Crippen molar-refractivity contribution in [2.75, 3.05) is 26.2 Å². The lowest BCUT2D eigenvalue weighted by Gasteiger charge is -2.33. The van der Waals surface area contributed by atoms with Gasteiger partial charge in [-0.2, -0.15) is 0 Å². The number of amides is 1. The van der Waals surface area contributed by atoms with E-state index in [0.29, 0.717) is 38.0 Å². The molecule has 1 heterocycles. The highest BCUT2D eigenvalue weighted by Crippen LogP contribution is 2.33. The predicted molar refractivity (Wildman–Crippen MR) is 99.0 cm³/mol. The number of carbonyl (C=O) groups is 2. The monoisotopic (exact) mass is 380 g/mol. The van der Waals surface area contributed by atoms with Crippen LogP contribution in [-0.2, 0) is 4.79 Å². The highest BCUT2D eigenvalue weighted by Gasteiger charge is 2.27. The van der Waals surface area contributed by atoms with Gasteiger partial charge in [-0.05, 0) is 42.9 Å². The molecular weight excluding hydrogens is 352 g/mol. The molecule has 1 atom stereocenters. The number of likely N-dealkylation sites (tertiary alicyclic amines) is 1. The SMILES string of the molecule is CC(C)c1cc(C(=O)N2CCC(CNC(CO)C(=O)O)CC2)c(O)cc1O. The molecule has 8 heteroatoms. The number of piperidine rings is 1. The summed E-state index contributed by atoms with van der Waals surface area (Å²) in [5.41, 5.74) is 0.790. The predicted octanol–water partition coefficient (Wildman–Crippen LogP) is 1.11. The molecule has 8 nitrogen and oxygen atoms in total. The second-order valence-corrected chi connectivity index (χ2v) is 7.30. The van der Waals surface area contributed by atoms with Gasteiger partial charge >= 0.3 is 5.97 Å². The molecule has 150 valence electrons. The van der Waals surface area contributed by atoms with Crippen LogP contribution in [0, 0.1) is 5.92 Å². The molecule has 2 rings (SSSR count). The van der Waals surface area contributed by atoms with Crippen molar-refractivity contribution in [1.29, 1.82) is 0 Å². The topological polar surface area (TPSA) is 130 Å². The first-order chi connectivity index (χ1) is 12.7. The Morgan fingerprint density at radius 1 is 1.19 bits per heavy atom. The molecule has 5 N–H and O–H groups in total. The molecular formula is C19H28N2O6. The maximum Gasteiger partial charge on any atom is 0.323 e. The van der Waals surface area contributed by atoms with Gasteiger partial charge in [0.15, 0.2) is 0 Å². The second kappa shape index (κ2) is 9.05. The molecule has 0 bridgehead atoms. The Morgan fingerprint density at radius 2 is 1.81 bits per heavy atom. The fraction of sp³-hybridized carbons (Fsp3) is 0.579. The smallest absolute Gasteiger partial charge is 0.323 e. The number of nitrogens with zero attached hydrogens (tertiary/aromatic N) is 1. The fourth-order valence-corrected chi connectivity index (χ4v) is 3.28. The number of carboxylic acid groups (broad SMARTS) is 1. The molecule has 27 heavy (non-hydrogen) atoms. The molecule has 0 radical (unpaired) electrons. The van der Waals surface area contributed by atoms with E-state index in [9.17, 15) is 19.8 Å². The van der Waals surface area contributed by atoms with E-state index in [1.54, 1.807) is 11.0 Å². The Bertz CT molecular complexity index is 683. The summed E-state index contributed by atoms with van der Waals surface area (Å²) in [4.78, 5) is 25.3. The number of carboxylic acids is 1. The molecule has 0 aromatic heterocycles. The van der Waals surface area contributed by atoms with E-state index in [4.69, 9.17) is 10.2 Å². The van der Waals surface area contributed by atoms with E-state index in [2.05, 4.69) is 5.32 Å². The third-order valence-corrected chi connectivity index (χ3v) is 5.03. The number of aliphatic hydroxyl groups excluding tert-OH is 1. The van der Waals surface area contributed by atoms with Crippen molar-refractivity contribution in [2.45, 2.75) is 38.6 Å². The van der Waals surface area contributed by atoms with E-state index >= 15 is 0 Å². The third kappa shape index (κ3) is 5.11. The number of nitrogens with one attached hydrogen (secondary N) is 1. The molecule has 1 unspecified atom stereocenters. The van der Waals surface area contributed by atoms with Crippen LogP contribution in [0.2, 0.25) is 0 Å². The number of aliphatic carboxylic acids is 1. The summed E-state index contributed by atoms with van der Waals surface area (Å²) in [5, 5.41) is 40.8. The highest BCUT2D eigenvalue weighted by molar-refractivity contribution is 5.97. The van der Waals surface area contributed by atoms with Gasteiger partial charge in [-0.15, -0.1) is 0 Å². The van der Waals surface area contributed by atoms with Crippen molar-refractivity contribution in [3.05, 3.63) is 23.3 Å². The van der Waals surface area contributed by atoms with Crippen LogP contribution in [0.15, 0.2) is 12.1 Å². The quantitative estimate of drug-likeness (QED) is 0.479. The third-order valence-electron chi connectivity index (χ3n) is 5.03. The summed E-state index contributed by atoms with van der Waals surface area (Å²) in [5.74, 6) is -1.41. The summed E-state index contributed by atoms with van der Waals surface area (Å²) in [6.45, 7) is 4.79. The minimum absolute atomic E-state index is 0.0164. The number of aliphatic hydroxyl groups is 1. The van der Waals surface area contributed by atoms with Crippen molar-refractivity contribution in [3.63, 3.8) is 0 Å². The zero-order valence-electron chi connectivity index (χ0n) is 15.7. The number of hydrogen-bond donors (Lipinski definition) is 5. The summed E-state index contributed by atoms with van der Waals surface area (Å²) in [6, 6.07) is 1.78. The zero-order chi connectivity index (χ0) is 20.1. The van der Waals surface area contributed by atoms with Crippen molar-refractivity contribution in [3.8, 4) is 11.5 Å². The van der Waals surface area contributed by atoms with Crippen molar-refractivity contribution < 1.29 is 30.0 Å². The number of hydrogen-bond acceptors (Lipinski definition) is 6. The standard InChI is InChI=1S/C19H28N2O6/c1-11(2)13-7-14(17(24)8-16(13)23)18(25)21-5-3-12(4-6-21)9-20-15(10-22)19(26)27/h7-8,11-12,15,20,22-24H,3-6,9-10H2,1-2H3,(H,26,27). The fourth-order valence-electron chi connectivity index (χ4n) is 3.28. The summed E-state index contributed by atoms with van der Waals surface area (Å²) in [6.07, 6.45) is 1.40. The Morgan fingerprint density at radius 3 is 2.33 bits per heavy atom. The number of benzene rings is 1. The lowest BCUT2D eigenvalue weighted by molar-refractivity contribution is -0.140. The summed E-state index contributed by atoms with van der Waals surface area (Å²) < 4.78 is 0. The lowest BCUT2D eigenvalue weighted by atomic mass is 9.94. The Labute approximate surface area is 158 Å². The molecule has 1 aromatic rings. The van der Waals surface area contributed by atoms with Crippen molar-refractivity contribution >= 4 is 11.9 Å². The first kappa shape index (κ1) is 21.0. The number of phenols is 2. The Kier molecular flexibility index (Phi) is 7.04. The van der Waals surface area contributed by atoms with E-state index < -0.39 is 18.6 Å². The van der Waals surface area contributed by atoms with Gasteiger partial charge in [0.05, 0.1) is 12.2 Å². The van der Waals surface area contributed by atoms with Gasteiger partial charge in [-0.25, -0.2) is 0 Å². The Balaban J connectivity index is 1.97. The summed E-state index contributed by atoms with van der Waals surface area (Å²) in [7, 11) is 0. The maximum atomic E-state index is 12.8. The first-order valence-corrected chi connectivity index (χ1v) is 9.16. The molecule has 1 aliphatic heterocycles. The van der Waals surface area contributed by atoms with Crippen LogP contribution in [0.5, 0.6) is 11.5 Å². The van der Waals surface area contributed by atoms with Gasteiger partial charge < -0.3 is 30.6 Å². The van der Waals surface area contributed by atoms with E-state index in [0.717, 1.165) is 0 Å². The second-order valence-electron chi connectivity index (χ2n) is 7.30. The number of rotatable bonds is 7.